The number of aryl methyl sites for hydroxylation is 2. The number of likely N-dealkylation sites (N-methyl/N-ethyl adjacent to an activating group) is 1. The van der Waals surface area contributed by atoms with Crippen LogP contribution in [0.3, 0.4) is 0 Å². The van der Waals surface area contributed by atoms with Gasteiger partial charge in [0.15, 0.2) is 5.60 Å². The van der Waals surface area contributed by atoms with Crippen molar-refractivity contribution in [2.24, 2.45) is 0 Å². The summed E-state index contributed by atoms with van der Waals surface area (Å²) in [4.78, 5) is 32.5. The maximum absolute atomic E-state index is 13.0. The van der Waals surface area contributed by atoms with Gasteiger partial charge in [0.25, 0.3) is 5.91 Å². The van der Waals surface area contributed by atoms with Crippen molar-refractivity contribution in [3.05, 3.63) is 22.9 Å². The largest absolute Gasteiger partial charge is 0.480 e. The Hall–Kier alpha value is -2.31. The van der Waals surface area contributed by atoms with Crippen LogP contribution in [0.2, 0.25) is 0 Å². The average Bonchev–Trinajstić information content (AvgIpc) is 3.25. The van der Waals surface area contributed by atoms with Crippen molar-refractivity contribution in [3.63, 3.8) is 0 Å². The maximum atomic E-state index is 13.0. The molecule has 1 atom stereocenters. The van der Waals surface area contributed by atoms with E-state index >= 15 is 0 Å². The third-order valence-corrected chi connectivity index (χ3v) is 5.18. The minimum Gasteiger partial charge on any atom is -0.480 e. The molecule has 0 aromatic carbocycles. The summed E-state index contributed by atoms with van der Waals surface area (Å²) >= 11 is 0. The van der Waals surface area contributed by atoms with Crippen molar-refractivity contribution in [3.8, 4) is 5.88 Å². The summed E-state index contributed by atoms with van der Waals surface area (Å²) in [6.07, 6.45) is 3.31. The third kappa shape index (κ3) is 2.30. The van der Waals surface area contributed by atoms with Crippen LogP contribution in [0, 0.1) is 0 Å². The minimum atomic E-state index is -0.571. The number of nitrogens with zero attached hydrogens (tertiary/aromatic N) is 3. The van der Waals surface area contributed by atoms with Crippen LogP contribution in [0.15, 0.2) is 6.07 Å². The number of ether oxygens (including phenoxy) is 2. The molecule has 2 aliphatic heterocycles. The van der Waals surface area contributed by atoms with Gasteiger partial charge in [-0.1, -0.05) is 0 Å². The number of carbonyl (C=O) groups excluding carboxylic acids is 2. The SMILES string of the molecule is COc1nc2c(cc1C(=O)N1CCC3(CN(C)C(=O)O3)C1)CCC2. The highest BCUT2D eigenvalue weighted by Gasteiger charge is 2.49. The number of pyridine rings is 1. The van der Waals surface area contributed by atoms with Crippen LogP contribution in [0.1, 0.15) is 34.5 Å². The summed E-state index contributed by atoms with van der Waals surface area (Å²) in [5.41, 5.74) is 2.11. The molecular weight excluding hydrogens is 310 g/mol. The third-order valence-electron chi connectivity index (χ3n) is 5.18. The van der Waals surface area contributed by atoms with Crippen LogP contribution < -0.4 is 4.74 Å². The summed E-state index contributed by atoms with van der Waals surface area (Å²) in [6.45, 7) is 1.51. The zero-order valence-corrected chi connectivity index (χ0v) is 14.0. The highest BCUT2D eigenvalue weighted by molar-refractivity contribution is 5.97. The molecule has 7 nitrogen and oxygen atoms in total. The van der Waals surface area contributed by atoms with Gasteiger partial charge >= 0.3 is 6.09 Å². The molecular formula is C17H21N3O4. The lowest BCUT2D eigenvalue weighted by Gasteiger charge is -2.22. The average molecular weight is 331 g/mol. The summed E-state index contributed by atoms with van der Waals surface area (Å²) in [6, 6.07) is 1.92. The predicted octanol–water partition coefficient (Wildman–Crippen LogP) is 1.25. The molecule has 2 amide bonds. The molecule has 24 heavy (non-hydrogen) atoms. The Balaban J connectivity index is 1.58. The lowest BCUT2D eigenvalue weighted by Crippen LogP contribution is -2.39. The van der Waals surface area contributed by atoms with E-state index in [0.29, 0.717) is 37.5 Å². The first-order valence-corrected chi connectivity index (χ1v) is 8.31. The Morgan fingerprint density at radius 1 is 1.38 bits per heavy atom. The summed E-state index contributed by atoms with van der Waals surface area (Å²) in [5.74, 6) is 0.290. The van der Waals surface area contributed by atoms with E-state index in [2.05, 4.69) is 4.98 Å². The number of hydrogen-bond acceptors (Lipinski definition) is 5. The number of aromatic nitrogens is 1. The van der Waals surface area contributed by atoms with Crippen molar-refractivity contribution >= 4 is 12.0 Å². The van der Waals surface area contributed by atoms with Crippen molar-refractivity contribution in [1.82, 2.24) is 14.8 Å². The lowest BCUT2D eigenvalue weighted by atomic mass is 10.0. The van der Waals surface area contributed by atoms with E-state index in [0.717, 1.165) is 30.5 Å². The van der Waals surface area contributed by atoms with E-state index in [4.69, 9.17) is 9.47 Å². The fourth-order valence-electron chi connectivity index (χ4n) is 3.95. The molecule has 3 aliphatic rings. The molecule has 1 aliphatic carbocycles. The zero-order valence-electron chi connectivity index (χ0n) is 14.0. The van der Waals surface area contributed by atoms with Gasteiger partial charge in [0.2, 0.25) is 5.88 Å². The van der Waals surface area contributed by atoms with Crippen LogP contribution in [0.4, 0.5) is 4.79 Å². The van der Waals surface area contributed by atoms with Gasteiger partial charge < -0.3 is 19.3 Å². The number of rotatable bonds is 2. The number of hydrogen-bond donors (Lipinski definition) is 0. The highest BCUT2D eigenvalue weighted by atomic mass is 16.6. The standard InChI is InChI=1S/C17H21N3O4/c1-19-9-17(24-16(19)22)6-7-20(10-17)15(21)12-8-11-4-3-5-13(11)18-14(12)23-2/h8H,3-7,9-10H2,1-2H3. The van der Waals surface area contributed by atoms with E-state index in [9.17, 15) is 9.59 Å². The van der Waals surface area contributed by atoms with Gasteiger partial charge in [-0.25, -0.2) is 9.78 Å². The normalized spacial score (nSPS) is 25.3. The Bertz CT molecular complexity index is 720. The first-order valence-electron chi connectivity index (χ1n) is 8.31. The van der Waals surface area contributed by atoms with Crippen molar-refractivity contribution < 1.29 is 19.1 Å². The molecule has 1 aromatic heterocycles. The molecule has 128 valence electrons. The smallest absolute Gasteiger partial charge is 0.410 e. The second kappa shape index (κ2) is 5.36. The predicted molar refractivity (Wildman–Crippen MR) is 85.2 cm³/mol. The minimum absolute atomic E-state index is 0.100. The highest BCUT2D eigenvalue weighted by Crippen LogP contribution is 2.34. The molecule has 0 radical (unpaired) electrons. The summed E-state index contributed by atoms with van der Waals surface area (Å²) in [5, 5.41) is 0. The summed E-state index contributed by atoms with van der Waals surface area (Å²) in [7, 11) is 3.26. The van der Waals surface area contributed by atoms with Crippen LogP contribution in [-0.2, 0) is 17.6 Å². The number of amides is 2. The van der Waals surface area contributed by atoms with Crippen LogP contribution in [0.25, 0.3) is 0 Å². The van der Waals surface area contributed by atoms with Gasteiger partial charge in [-0.05, 0) is 30.9 Å². The number of fused-ring (bicyclic) bond motifs is 1. The van der Waals surface area contributed by atoms with E-state index in [-0.39, 0.29) is 12.0 Å². The molecule has 7 heteroatoms. The van der Waals surface area contributed by atoms with E-state index in [1.165, 1.54) is 0 Å². The monoisotopic (exact) mass is 331 g/mol. The van der Waals surface area contributed by atoms with Gasteiger partial charge in [0, 0.05) is 25.7 Å². The van der Waals surface area contributed by atoms with E-state index < -0.39 is 5.60 Å². The molecule has 1 unspecified atom stereocenters. The molecule has 4 rings (SSSR count). The Labute approximate surface area is 140 Å². The summed E-state index contributed by atoms with van der Waals surface area (Å²) < 4.78 is 10.9. The fraction of sp³-hybridized carbons (Fsp3) is 0.588. The molecule has 2 saturated heterocycles. The molecule has 0 bridgehead atoms. The van der Waals surface area contributed by atoms with Crippen molar-refractivity contribution in [2.45, 2.75) is 31.3 Å². The van der Waals surface area contributed by atoms with Gasteiger partial charge in [0.1, 0.15) is 5.56 Å². The van der Waals surface area contributed by atoms with Crippen molar-refractivity contribution in [2.75, 3.05) is 33.8 Å². The van der Waals surface area contributed by atoms with E-state index in [1.54, 1.807) is 24.0 Å². The first-order chi connectivity index (χ1) is 11.5. The number of carbonyl (C=O) groups is 2. The topological polar surface area (TPSA) is 72.0 Å². The maximum Gasteiger partial charge on any atom is 0.410 e. The first kappa shape index (κ1) is 15.2. The molecule has 2 fully saturated rings. The Morgan fingerprint density at radius 2 is 2.21 bits per heavy atom. The second-order valence-electron chi connectivity index (χ2n) is 6.89. The second-order valence-corrected chi connectivity index (χ2v) is 6.89. The molecule has 1 spiro atoms. The van der Waals surface area contributed by atoms with Gasteiger partial charge in [0.05, 0.1) is 20.2 Å². The zero-order chi connectivity index (χ0) is 16.9. The van der Waals surface area contributed by atoms with Crippen LogP contribution in [0.5, 0.6) is 5.88 Å². The van der Waals surface area contributed by atoms with Crippen molar-refractivity contribution in [1.29, 1.82) is 0 Å². The Morgan fingerprint density at radius 3 is 2.92 bits per heavy atom. The number of likely N-dealkylation sites (tertiary alicyclic amines) is 1. The quantitative estimate of drug-likeness (QED) is 0.815. The van der Waals surface area contributed by atoms with Gasteiger partial charge in [-0.2, -0.15) is 0 Å². The van der Waals surface area contributed by atoms with Crippen LogP contribution >= 0.6 is 0 Å². The fourth-order valence-corrected chi connectivity index (χ4v) is 3.95. The van der Waals surface area contributed by atoms with E-state index in [1.807, 2.05) is 6.07 Å². The van der Waals surface area contributed by atoms with Crippen LogP contribution in [-0.4, -0.2) is 66.2 Å². The molecule has 0 N–H and O–H groups in total. The molecule has 0 saturated carbocycles. The molecule has 3 heterocycles. The van der Waals surface area contributed by atoms with Gasteiger partial charge in [-0.3, -0.25) is 4.79 Å². The molecule has 1 aromatic rings. The van der Waals surface area contributed by atoms with Gasteiger partial charge in [-0.15, -0.1) is 0 Å². The lowest BCUT2D eigenvalue weighted by molar-refractivity contribution is 0.0551. The number of methoxy groups -OCH3 is 1. The Kier molecular flexibility index (Phi) is 3.40.